The maximum absolute atomic E-state index is 13.0. The standard InChI is InChI=1S/C14H19F2NO/c1-18-12-5-3-11(4-6-12)17-9-10-2-7-13(15)14(16)8-10/h2,7-8,11-12,17H,3-6,9H2,1H3. The summed E-state index contributed by atoms with van der Waals surface area (Å²) in [5.41, 5.74) is 0.780. The summed E-state index contributed by atoms with van der Waals surface area (Å²) < 4.78 is 31.1. The Bertz CT molecular complexity index is 389. The van der Waals surface area contributed by atoms with Gasteiger partial charge in [0.2, 0.25) is 0 Å². The van der Waals surface area contributed by atoms with Crippen molar-refractivity contribution in [3.05, 3.63) is 35.4 Å². The second-order valence-corrected chi connectivity index (χ2v) is 4.84. The minimum absolute atomic E-state index is 0.381. The summed E-state index contributed by atoms with van der Waals surface area (Å²) in [5.74, 6) is -1.57. The van der Waals surface area contributed by atoms with Crippen LogP contribution < -0.4 is 5.32 Å². The molecule has 100 valence electrons. The first-order valence-corrected chi connectivity index (χ1v) is 6.39. The van der Waals surface area contributed by atoms with Gasteiger partial charge in [-0.25, -0.2) is 8.78 Å². The third kappa shape index (κ3) is 3.50. The van der Waals surface area contributed by atoms with Crippen LogP contribution in [0.25, 0.3) is 0 Å². The van der Waals surface area contributed by atoms with Crippen molar-refractivity contribution in [1.29, 1.82) is 0 Å². The van der Waals surface area contributed by atoms with Crippen LogP contribution >= 0.6 is 0 Å². The van der Waals surface area contributed by atoms with Gasteiger partial charge in [-0.05, 0) is 43.4 Å². The van der Waals surface area contributed by atoms with Gasteiger partial charge in [-0.3, -0.25) is 0 Å². The van der Waals surface area contributed by atoms with Crippen LogP contribution in [0.1, 0.15) is 31.2 Å². The van der Waals surface area contributed by atoms with Crippen molar-refractivity contribution in [3.8, 4) is 0 Å². The lowest BCUT2D eigenvalue weighted by Crippen LogP contribution is -2.34. The highest BCUT2D eigenvalue weighted by Gasteiger charge is 2.20. The Kier molecular flexibility index (Phi) is 4.66. The van der Waals surface area contributed by atoms with Crippen LogP contribution in [0.2, 0.25) is 0 Å². The van der Waals surface area contributed by atoms with E-state index >= 15 is 0 Å². The van der Waals surface area contributed by atoms with Gasteiger partial charge in [0.05, 0.1) is 6.10 Å². The van der Waals surface area contributed by atoms with Crippen LogP contribution in [0, 0.1) is 11.6 Å². The molecular weight excluding hydrogens is 236 g/mol. The number of halogens is 2. The van der Waals surface area contributed by atoms with Crippen LogP contribution in [-0.2, 0) is 11.3 Å². The molecule has 0 amide bonds. The minimum Gasteiger partial charge on any atom is -0.381 e. The zero-order valence-electron chi connectivity index (χ0n) is 10.6. The lowest BCUT2D eigenvalue weighted by Gasteiger charge is -2.28. The molecule has 1 aliphatic carbocycles. The molecule has 2 rings (SSSR count). The zero-order valence-corrected chi connectivity index (χ0v) is 10.6. The lowest BCUT2D eigenvalue weighted by molar-refractivity contribution is 0.0624. The number of benzene rings is 1. The van der Waals surface area contributed by atoms with E-state index in [1.807, 2.05) is 0 Å². The normalized spacial score (nSPS) is 24.2. The molecule has 1 saturated carbocycles. The number of hydrogen-bond acceptors (Lipinski definition) is 2. The van der Waals surface area contributed by atoms with Gasteiger partial charge in [-0.1, -0.05) is 6.07 Å². The number of nitrogens with one attached hydrogen (secondary N) is 1. The zero-order chi connectivity index (χ0) is 13.0. The van der Waals surface area contributed by atoms with Gasteiger partial charge in [0.25, 0.3) is 0 Å². The number of ether oxygens (including phenoxy) is 1. The van der Waals surface area contributed by atoms with Gasteiger partial charge >= 0.3 is 0 Å². The molecule has 18 heavy (non-hydrogen) atoms. The second-order valence-electron chi connectivity index (χ2n) is 4.84. The maximum atomic E-state index is 13.0. The Morgan fingerprint density at radius 3 is 2.50 bits per heavy atom. The molecule has 1 aromatic rings. The molecule has 0 radical (unpaired) electrons. The van der Waals surface area contributed by atoms with Crippen LogP contribution in [0.4, 0.5) is 8.78 Å². The molecule has 1 aliphatic rings. The molecule has 1 aromatic carbocycles. The summed E-state index contributed by atoms with van der Waals surface area (Å²) in [7, 11) is 1.75. The molecule has 0 aromatic heterocycles. The van der Waals surface area contributed by atoms with Crippen LogP contribution in [0.3, 0.4) is 0 Å². The smallest absolute Gasteiger partial charge is 0.159 e. The highest BCUT2D eigenvalue weighted by Crippen LogP contribution is 2.21. The van der Waals surface area contributed by atoms with Gasteiger partial charge in [-0.2, -0.15) is 0 Å². The summed E-state index contributed by atoms with van der Waals surface area (Å²) >= 11 is 0. The minimum atomic E-state index is -0.792. The first-order chi connectivity index (χ1) is 8.69. The summed E-state index contributed by atoms with van der Waals surface area (Å²) in [6.45, 7) is 0.583. The van der Waals surface area contributed by atoms with Gasteiger partial charge in [0, 0.05) is 19.7 Å². The molecule has 0 bridgehead atoms. The van der Waals surface area contributed by atoms with Crippen molar-refractivity contribution in [2.24, 2.45) is 0 Å². The highest BCUT2D eigenvalue weighted by molar-refractivity contribution is 5.17. The number of rotatable bonds is 4. The van der Waals surface area contributed by atoms with Crippen LogP contribution in [-0.4, -0.2) is 19.3 Å². The van der Waals surface area contributed by atoms with Crippen molar-refractivity contribution < 1.29 is 13.5 Å². The quantitative estimate of drug-likeness (QED) is 0.893. The molecule has 0 unspecified atom stereocenters. The Morgan fingerprint density at radius 2 is 1.89 bits per heavy atom. The molecule has 0 spiro atoms. The molecule has 0 atom stereocenters. The molecule has 4 heteroatoms. The van der Waals surface area contributed by atoms with Crippen molar-refractivity contribution in [2.75, 3.05) is 7.11 Å². The van der Waals surface area contributed by atoms with Crippen molar-refractivity contribution in [3.63, 3.8) is 0 Å². The van der Waals surface area contributed by atoms with E-state index in [-0.39, 0.29) is 0 Å². The van der Waals surface area contributed by atoms with Gasteiger partial charge in [-0.15, -0.1) is 0 Å². The Balaban J connectivity index is 1.79. The van der Waals surface area contributed by atoms with E-state index < -0.39 is 11.6 Å². The molecule has 0 aliphatic heterocycles. The maximum Gasteiger partial charge on any atom is 0.159 e. The van der Waals surface area contributed by atoms with Gasteiger partial charge in [0.1, 0.15) is 0 Å². The SMILES string of the molecule is COC1CCC(NCc2ccc(F)c(F)c2)CC1. The molecule has 1 N–H and O–H groups in total. The Labute approximate surface area is 106 Å². The summed E-state index contributed by atoms with van der Waals surface area (Å²) in [4.78, 5) is 0. The predicted molar refractivity (Wildman–Crippen MR) is 66.3 cm³/mol. The van der Waals surface area contributed by atoms with E-state index in [9.17, 15) is 8.78 Å². The van der Waals surface area contributed by atoms with Crippen molar-refractivity contribution in [1.82, 2.24) is 5.32 Å². The molecule has 0 heterocycles. The van der Waals surface area contributed by atoms with Gasteiger partial charge in [0.15, 0.2) is 11.6 Å². The summed E-state index contributed by atoms with van der Waals surface area (Å²) in [5, 5.41) is 3.38. The average molecular weight is 255 g/mol. The fraction of sp³-hybridized carbons (Fsp3) is 0.571. The molecule has 0 saturated heterocycles. The van der Waals surface area contributed by atoms with Crippen molar-refractivity contribution >= 4 is 0 Å². The van der Waals surface area contributed by atoms with Gasteiger partial charge < -0.3 is 10.1 Å². The molecule has 1 fully saturated rings. The van der Waals surface area contributed by atoms with Crippen molar-refractivity contribution in [2.45, 2.75) is 44.4 Å². The van der Waals surface area contributed by atoms with E-state index in [1.165, 1.54) is 12.1 Å². The lowest BCUT2D eigenvalue weighted by atomic mass is 9.93. The third-order valence-electron chi connectivity index (χ3n) is 3.59. The fourth-order valence-corrected chi connectivity index (χ4v) is 2.41. The Morgan fingerprint density at radius 1 is 1.17 bits per heavy atom. The first kappa shape index (κ1) is 13.4. The topological polar surface area (TPSA) is 21.3 Å². The average Bonchev–Trinajstić information content (AvgIpc) is 2.41. The van der Waals surface area contributed by atoms with E-state index in [2.05, 4.69) is 5.32 Å². The summed E-state index contributed by atoms with van der Waals surface area (Å²) in [6.07, 6.45) is 4.65. The van der Waals surface area contributed by atoms with E-state index in [0.717, 1.165) is 31.2 Å². The monoisotopic (exact) mass is 255 g/mol. The molecular formula is C14H19F2NO. The van der Waals surface area contributed by atoms with E-state index in [1.54, 1.807) is 13.2 Å². The van der Waals surface area contributed by atoms with Crippen LogP contribution in [0.15, 0.2) is 18.2 Å². The van der Waals surface area contributed by atoms with E-state index in [0.29, 0.717) is 18.7 Å². The summed E-state index contributed by atoms with van der Waals surface area (Å²) in [6, 6.07) is 4.49. The van der Waals surface area contributed by atoms with Crippen LogP contribution in [0.5, 0.6) is 0 Å². The Hall–Kier alpha value is -1.00. The van der Waals surface area contributed by atoms with E-state index in [4.69, 9.17) is 4.74 Å². The second kappa shape index (κ2) is 6.25. The predicted octanol–water partition coefficient (Wildman–Crippen LogP) is 3.01. The largest absolute Gasteiger partial charge is 0.381 e. The highest BCUT2D eigenvalue weighted by atomic mass is 19.2. The fourth-order valence-electron chi connectivity index (χ4n) is 2.41. The first-order valence-electron chi connectivity index (χ1n) is 6.39. The number of methoxy groups -OCH3 is 1. The molecule has 2 nitrogen and oxygen atoms in total. The third-order valence-corrected chi connectivity index (χ3v) is 3.59. The number of hydrogen-bond donors (Lipinski definition) is 1.